The van der Waals surface area contributed by atoms with Gasteiger partial charge in [0.25, 0.3) is 5.95 Å². The van der Waals surface area contributed by atoms with Gasteiger partial charge in [-0.2, -0.15) is 5.10 Å². The molecular formula is C14H19N5O. The van der Waals surface area contributed by atoms with E-state index in [0.717, 1.165) is 17.0 Å². The molecule has 0 saturated heterocycles. The van der Waals surface area contributed by atoms with Gasteiger partial charge in [-0.1, -0.05) is 13.8 Å². The highest BCUT2D eigenvalue weighted by molar-refractivity contribution is 5.91. The highest BCUT2D eigenvalue weighted by Crippen LogP contribution is 2.15. The molecular weight excluding hydrogens is 254 g/mol. The Kier molecular flexibility index (Phi) is 3.83. The van der Waals surface area contributed by atoms with Gasteiger partial charge in [-0.3, -0.25) is 4.79 Å². The number of carbonyl (C=O) groups excluding carboxylic acids is 1. The van der Waals surface area contributed by atoms with Crippen LogP contribution in [0.4, 0.5) is 5.69 Å². The van der Waals surface area contributed by atoms with E-state index in [0.29, 0.717) is 11.6 Å². The van der Waals surface area contributed by atoms with Crippen molar-refractivity contribution in [2.45, 2.75) is 34.6 Å². The highest BCUT2D eigenvalue weighted by Gasteiger charge is 2.12. The molecule has 0 saturated carbocycles. The van der Waals surface area contributed by atoms with Crippen molar-refractivity contribution >= 4 is 11.6 Å². The Morgan fingerprint density at radius 3 is 2.25 bits per heavy atom. The van der Waals surface area contributed by atoms with Crippen molar-refractivity contribution in [1.82, 2.24) is 19.7 Å². The number of nitrogens with zero attached hydrogens (tertiary/aromatic N) is 4. The molecule has 6 heteroatoms. The average Bonchev–Trinajstić information content (AvgIpc) is 2.67. The second kappa shape index (κ2) is 5.40. The first-order chi connectivity index (χ1) is 9.40. The molecule has 0 aliphatic heterocycles. The highest BCUT2D eigenvalue weighted by atomic mass is 16.1. The Labute approximate surface area is 118 Å². The van der Waals surface area contributed by atoms with Crippen molar-refractivity contribution in [3.63, 3.8) is 0 Å². The maximum Gasteiger partial charge on any atom is 0.250 e. The Morgan fingerprint density at radius 2 is 1.80 bits per heavy atom. The fraction of sp³-hybridized carbons (Fsp3) is 0.429. The smallest absolute Gasteiger partial charge is 0.250 e. The molecule has 2 heterocycles. The zero-order valence-corrected chi connectivity index (χ0v) is 12.4. The zero-order valence-electron chi connectivity index (χ0n) is 12.4. The summed E-state index contributed by atoms with van der Waals surface area (Å²) < 4.78 is 1.71. The fourth-order valence-corrected chi connectivity index (χ4v) is 1.70. The molecule has 106 valence electrons. The standard InChI is InChI=1S/C14H19N5O/c1-8(2)13(20)17-12-6-15-14(16-7-12)19-11(5)9(3)10(4)18-19/h6-8H,1-5H3,(H,17,20). The molecule has 0 spiro atoms. The van der Waals surface area contributed by atoms with Gasteiger partial charge in [0.05, 0.1) is 23.8 Å². The molecule has 0 atom stereocenters. The Morgan fingerprint density at radius 1 is 1.20 bits per heavy atom. The van der Waals surface area contributed by atoms with E-state index >= 15 is 0 Å². The van der Waals surface area contributed by atoms with Crippen molar-refractivity contribution in [2.24, 2.45) is 5.92 Å². The van der Waals surface area contributed by atoms with Gasteiger partial charge in [0.15, 0.2) is 0 Å². The summed E-state index contributed by atoms with van der Waals surface area (Å²) in [4.78, 5) is 20.1. The Bertz CT molecular complexity index is 628. The number of aryl methyl sites for hydroxylation is 1. The maximum atomic E-state index is 11.6. The average molecular weight is 273 g/mol. The second-order valence-electron chi connectivity index (χ2n) is 5.12. The third-order valence-electron chi connectivity index (χ3n) is 3.27. The molecule has 6 nitrogen and oxygen atoms in total. The number of hydrogen-bond acceptors (Lipinski definition) is 4. The molecule has 0 aliphatic rings. The molecule has 0 aromatic carbocycles. The van der Waals surface area contributed by atoms with Crippen LogP contribution < -0.4 is 5.32 Å². The normalized spacial score (nSPS) is 10.9. The largest absolute Gasteiger partial charge is 0.323 e. The minimum Gasteiger partial charge on any atom is -0.323 e. The van der Waals surface area contributed by atoms with Crippen molar-refractivity contribution < 1.29 is 4.79 Å². The van der Waals surface area contributed by atoms with Crippen molar-refractivity contribution in [1.29, 1.82) is 0 Å². The van der Waals surface area contributed by atoms with E-state index in [4.69, 9.17) is 0 Å². The molecule has 0 fully saturated rings. The first-order valence-electron chi connectivity index (χ1n) is 6.56. The SMILES string of the molecule is Cc1nn(-c2ncc(NC(=O)C(C)C)cn2)c(C)c1C. The van der Waals surface area contributed by atoms with Crippen LogP contribution in [-0.4, -0.2) is 25.7 Å². The van der Waals surface area contributed by atoms with E-state index in [9.17, 15) is 4.79 Å². The first kappa shape index (κ1) is 14.2. The lowest BCUT2D eigenvalue weighted by Crippen LogP contribution is -2.18. The molecule has 1 amide bonds. The molecule has 0 aliphatic carbocycles. The van der Waals surface area contributed by atoms with Gasteiger partial charge >= 0.3 is 0 Å². The summed E-state index contributed by atoms with van der Waals surface area (Å²) in [6, 6.07) is 0. The van der Waals surface area contributed by atoms with Gasteiger partial charge in [-0.05, 0) is 26.3 Å². The summed E-state index contributed by atoms with van der Waals surface area (Å²) in [6.45, 7) is 9.63. The Hall–Kier alpha value is -2.24. The molecule has 20 heavy (non-hydrogen) atoms. The van der Waals surface area contributed by atoms with E-state index in [1.807, 2.05) is 34.6 Å². The molecule has 2 aromatic heterocycles. The van der Waals surface area contributed by atoms with Gasteiger partial charge in [-0.25, -0.2) is 14.6 Å². The monoisotopic (exact) mass is 273 g/mol. The molecule has 0 unspecified atom stereocenters. The Balaban J connectivity index is 2.24. The lowest BCUT2D eigenvalue weighted by atomic mass is 10.2. The fourth-order valence-electron chi connectivity index (χ4n) is 1.70. The predicted octanol–water partition coefficient (Wildman–Crippen LogP) is 2.18. The zero-order chi connectivity index (χ0) is 14.9. The lowest BCUT2D eigenvalue weighted by Gasteiger charge is -2.07. The first-order valence-corrected chi connectivity index (χ1v) is 6.56. The van der Waals surface area contributed by atoms with Crippen LogP contribution in [0.2, 0.25) is 0 Å². The molecule has 0 bridgehead atoms. The van der Waals surface area contributed by atoms with Crippen molar-refractivity contribution in [3.8, 4) is 5.95 Å². The number of amides is 1. The molecule has 0 radical (unpaired) electrons. The minimum absolute atomic E-state index is 0.0525. The van der Waals surface area contributed by atoms with Crippen LogP contribution in [0.5, 0.6) is 0 Å². The minimum atomic E-state index is -0.0756. The van der Waals surface area contributed by atoms with Crippen LogP contribution in [0.3, 0.4) is 0 Å². The van der Waals surface area contributed by atoms with E-state index in [1.165, 1.54) is 0 Å². The third-order valence-corrected chi connectivity index (χ3v) is 3.27. The molecule has 2 rings (SSSR count). The van der Waals surface area contributed by atoms with Crippen LogP contribution in [0, 0.1) is 26.7 Å². The number of aromatic nitrogens is 4. The third kappa shape index (κ3) is 2.68. The lowest BCUT2D eigenvalue weighted by molar-refractivity contribution is -0.118. The van der Waals surface area contributed by atoms with Gasteiger partial charge in [-0.15, -0.1) is 0 Å². The van der Waals surface area contributed by atoms with Crippen LogP contribution in [0.15, 0.2) is 12.4 Å². The summed E-state index contributed by atoms with van der Waals surface area (Å²) in [6.07, 6.45) is 3.18. The summed E-state index contributed by atoms with van der Waals surface area (Å²) in [5.41, 5.74) is 3.70. The van der Waals surface area contributed by atoms with Gasteiger partial charge in [0.1, 0.15) is 0 Å². The number of carbonyl (C=O) groups is 1. The quantitative estimate of drug-likeness (QED) is 0.930. The number of nitrogens with one attached hydrogen (secondary N) is 1. The number of anilines is 1. The second-order valence-corrected chi connectivity index (χ2v) is 5.12. The van der Waals surface area contributed by atoms with Gasteiger partial charge in [0.2, 0.25) is 5.91 Å². The topological polar surface area (TPSA) is 72.7 Å². The molecule has 2 aromatic rings. The van der Waals surface area contributed by atoms with Crippen LogP contribution in [0.25, 0.3) is 5.95 Å². The van der Waals surface area contributed by atoms with Crippen LogP contribution in [-0.2, 0) is 4.79 Å². The summed E-state index contributed by atoms with van der Waals surface area (Å²) >= 11 is 0. The van der Waals surface area contributed by atoms with Crippen molar-refractivity contribution in [2.75, 3.05) is 5.32 Å². The van der Waals surface area contributed by atoms with E-state index < -0.39 is 0 Å². The predicted molar refractivity (Wildman–Crippen MR) is 76.8 cm³/mol. The number of hydrogen-bond donors (Lipinski definition) is 1. The summed E-state index contributed by atoms with van der Waals surface area (Å²) in [7, 11) is 0. The summed E-state index contributed by atoms with van der Waals surface area (Å²) in [5.74, 6) is 0.373. The van der Waals surface area contributed by atoms with E-state index in [1.54, 1.807) is 17.1 Å². The van der Waals surface area contributed by atoms with E-state index in [2.05, 4.69) is 20.4 Å². The maximum absolute atomic E-state index is 11.6. The molecule has 1 N–H and O–H groups in total. The van der Waals surface area contributed by atoms with Crippen LogP contribution in [0.1, 0.15) is 30.8 Å². The van der Waals surface area contributed by atoms with Gasteiger partial charge in [0, 0.05) is 11.6 Å². The van der Waals surface area contributed by atoms with E-state index in [-0.39, 0.29) is 11.8 Å². The summed E-state index contributed by atoms with van der Waals surface area (Å²) in [5, 5.41) is 7.16. The number of rotatable bonds is 3. The van der Waals surface area contributed by atoms with Crippen LogP contribution >= 0.6 is 0 Å². The van der Waals surface area contributed by atoms with Crippen molar-refractivity contribution in [3.05, 3.63) is 29.3 Å². The van der Waals surface area contributed by atoms with Gasteiger partial charge < -0.3 is 5.32 Å².